The van der Waals surface area contributed by atoms with Gasteiger partial charge in [-0.3, -0.25) is 9.89 Å². The number of carbonyl (C=O) groups is 1. The van der Waals surface area contributed by atoms with E-state index in [4.69, 9.17) is 0 Å². The SMILES string of the molecule is Cc1n[nH]c(C)c1CC(=O)N1CCC(c2ccccc2)C1. The fraction of sp³-hybridized carbons (Fsp3) is 0.412. The highest BCUT2D eigenvalue weighted by Crippen LogP contribution is 2.27. The Kier molecular flexibility index (Phi) is 3.78. The average molecular weight is 283 g/mol. The molecular weight excluding hydrogens is 262 g/mol. The van der Waals surface area contributed by atoms with Gasteiger partial charge in [0.1, 0.15) is 0 Å². The van der Waals surface area contributed by atoms with Crippen LogP contribution in [0.3, 0.4) is 0 Å². The average Bonchev–Trinajstić information content (AvgIpc) is 3.11. The Bertz CT molecular complexity index is 613. The molecule has 1 saturated heterocycles. The van der Waals surface area contributed by atoms with Gasteiger partial charge in [-0.2, -0.15) is 5.10 Å². The largest absolute Gasteiger partial charge is 0.342 e. The number of H-pyrrole nitrogens is 1. The molecule has 1 N–H and O–H groups in total. The summed E-state index contributed by atoms with van der Waals surface area (Å²) in [5, 5.41) is 7.11. The van der Waals surface area contributed by atoms with Crippen LogP contribution in [0.25, 0.3) is 0 Å². The number of nitrogens with one attached hydrogen (secondary N) is 1. The molecule has 0 radical (unpaired) electrons. The summed E-state index contributed by atoms with van der Waals surface area (Å²) < 4.78 is 0. The maximum absolute atomic E-state index is 12.5. The van der Waals surface area contributed by atoms with Crippen molar-refractivity contribution in [2.24, 2.45) is 0 Å². The number of hydrogen-bond donors (Lipinski definition) is 1. The number of rotatable bonds is 3. The van der Waals surface area contributed by atoms with Gasteiger partial charge in [-0.25, -0.2) is 0 Å². The van der Waals surface area contributed by atoms with E-state index in [9.17, 15) is 4.79 Å². The number of hydrogen-bond acceptors (Lipinski definition) is 2. The third-order valence-electron chi connectivity index (χ3n) is 4.42. The fourth-order valence-electron chi connectivity index (χ4n) is 3.08. The van der Waals surface area contributed by atoms with E-state index in [1.807, 2.05) is 24.8 Å². The molecule has 110 valence electrons. The van der Waals surface area contributed by atoms with Crippen LogP contribution in [0, 0.1) is 13.8 Å². The van der Waals surface area contributed by atoms with E-state index < -0.39 is 0 Å². The highest BCUT2D eigenvalue weighted by molar-refractivity contribution is 5.79. The molecule has 2 heterocycles. The molecule has 0 bridgehead atoms. The van der Waals surface area contributed by atoms with Crippen LogP contribution in [0.2, 0.25) is 0 Å². The van der Waals surface area contributed by atoms with Crippen molar-refractivity contribution in [3.63, 3.8) is 0 Å². The third-order valence-corrected chi connectivity index (χ3v) is 4.42. The summed E-state index contributed by atoms with van der Waals surface area (Å²) >= 11 is 0. The summed E-state index contributed by atoms with van der Waals surface area (Å²) in [7, 11) is 0. The summed E-state index contributed by atoms with van der Waals surface area (Å²) in [5.41, 5.74) is 4.31. The van der Waals surface area contributed by atoms with Gasteiger partial charge >= 0.3 is 0 Å². The molecule has 3 rings (SSSR count). The second-order valence-corrected chi connectivity index (χ2v) is 5.83. The van der Waals surface area contributed by atoms with E-state index in [1.54, 1.807) is 0 Å². The monoisotopic (exact) mass is 283 g/mol. The molecule has 0 saturated carbocycles. The highest BCUT2D eigenvalue weighted by atomic mass is 16.2. The van der Waals surface area contributed by atoms with Crippen LogP contribution in [0.4, 0.5) is 0 Å². The smallest absolute Gasteiger partial charge is 0.227 e. The van der Waals surface area contributed by atoms with Gasteiger partial charge in [0.25, 0.3) is 0 Å². The van der Waals surface area contributed by atoms with Gasteiger partial charge in [0, 0.05) is 30.3 Å². The van der Waals surface area contributed by atoms with Gasteiger partial charge in [0.05, 0.1) is 12.1 Å². The molecule has 1 fully saturated rings. The van der Waals surface area contributed by atoms with Gasteiger partial charge < -0.3 is 4.90 Å². The Morgan fingerprint density at radius 3 is 2.76 bits per heavy atom. The molecule has 21 heavy (non-hydrogen) atoms. The zero-order valence-corrected chi connectivity index (χ0v) is 12.6. The molecule has 2 aromatic rings. The van der Waals surface area contributed by atoms with Crippen LogP contribution in [0.15, 0.2) is 30.3 Å². The third kappa shape index (κ3) is 2.84. The Morgan fingerprint density at radius 2 is 2.10 bits per heavy atom. The zero-order valence-electron chi connectivity index (χ0n) is 12.6. The van der Waals surface area contributed by atoms with E-state index in [2.05, 4.69) is 34.5 Å². The minimum Gasteiger partial charge on any atom is -0.342 e. The summed E-state index contributed by atoms with van der Waals surface area (Å²) in [4.78, 5) is 14.5. The lowest BCUT2D eigenvalue weighted by molar-refractivity contribution is -0.129. The van der Waals surface area contributed by atoms with Crippen molar-refractivity contribution in [1.29, 1.82) is 0 Å². The molecule has 4 nitrogen and oxygen atoms in total. The van der Waals surface area contributed by atoms with E-state index in [0.717, 1.165) is 36.5 Å². The maximum Gasteiger partial charge on any atom is 0.227 e. The van der Waals surface area contributed by atoms with Crippen LogP contribution in [0.5, 0.6) is 0 Å². The molecule has 1 aromatic carbocycles. The van der Waals surface area contributed by atoms with Gasteiger partial charge in [-0.05, 0) is 25.8 Å². The lowest BCUT2D eigenvalue weighted by Crippen LogP contribution is -2.30. The van der Waals surface area contributed by atoms with Gasteiger partial charge in [-0.15, -0.1) is 0 Å². The van der Waals surface area contributed by atoms with Crippen molar-refractivity contribution >= 4 is 5.91 Å². The molecule has 1 aliphatic heterocycles. The number of likely N-dealkylation sites (tertiary alicyclic amines) is 1. The number of carbonyl (C=O) groups excluding carboxylic acids is 1. The van der Waals surface area contributed by atoms with Crippen LogP contribution in [-0.4, -0.2) is 34.1 Å². The van der Waals surface area contributed by atoms with Crippen LogP contribution >= 0.6 is 0 Å². The second-order valence-electron chi connectivity index (χ2n) is 5.83. The standard InChI is InChI=1S/C17H21N3O/c1-12-16(13(2)19-18-12)10-17(21)20-9-8-15(11-20)14-6-4-3-5-7-14/h3-7,15H,8-11H2,1-2H3,(H,18,19). The maximum atomic E-state index is 12.5. The van der Waals surface area contributed by atoms with Crippen molar-refractivity contribution in [3.05, 3.63) is 52.8 Å². The second kappa shape index (κ2) is 5.72. The number of aryl methyl sites for hydroxylation is 2. The normalized spacial score (nSPS) is 18.2. The zero-order chi connectivity index (χ0) is 14.8. The minimum absolute atomic E-state index is 0.209. The Morgan fingerprint density at radius 1 is 1.33 bits per heavy atom. The minimum atomic E-state index is 0.209. The molecule has 0 aliphatic carbocycles. The Balaban J connectivity index is 1.65. The number of aromatic amines is 1. The fourth-order valence-corrected chi connectivity index (χ4v) is 3.08. The van der Waals surface area contributed by atoms with E-state index in [1.165, 1.54) is 5.56 Å². The van der Waals surface area contributed by atoms with Crippen molar-refractivity contribution in [1.82, 2.24) is 15.1 Å². The van der Waals surface area contributed by atoms with Gasteiger partial charge in [0.2, 0.25) is 5.91 Å². The first-order valence-electron chi connectivity index (χ1n) is 7.48. The predicted molar refractivity (Wildman–Crippen MR) is 82.1 cm³/mol. The Labute approximate surface area is 125 Å². The summed E-state index contributed by atoms with van der Waals surface area (Å²) in [5.74, 6) is 0.683. The molecular formula is C17H21N3O. The van der Waals surface area contributed by atoms with Gasteiger partial charge in [0.15, 0.2) is 0 Å². The lowest BCUT2D eigenvalue weighted by Gasteiger charge is -2.17. The van der Waals surface area contributed by atoms with E-state index in [0.29, 0.717) is 12.3 Å². The van der Waals surface area contributed by atoms with Gasteiger partial charge in [-0.1, -0.05) is 30.3 Å². The number of benzene rings is 1. The summed E-state index contributed by atoms with van der Waals surface area (Å²) in [6, 6.07) is 10.5. The van der Waals surface area contributed by atoms with Crippen molar-refractivity contribution in [2.45, 2.75) is 32.6 Å². The molecule has 1 atom stereocenters. The first kappa shape index (κ1) is 13.9. The number of nitrogens with zero attached hydrogens (tertiary/aromatic N) is 2. The van der Waals surface area contributed by atoms with Crippen LogP contribution in [-0.2, 0) is 11.2 Å². The summed E-state index contributed by atoms with van der Waals surface area (Å²) in [6.07, 6.45) is 1.51. The molecule has 1 unspecified atom stereocenters. The number of amides is 1. The molecule has 1 aliphatic rings. The first-order chi connectivity index (χ1) is 10.1. The van der Waals surface area contributed by atoms with Crippen LogP contribution < -0.4 is 0 Å². The lowest BCUT2D eigenvalue weighted by atomic mass is 9.99. The molecule has 0 spiro atoms. The van der Waals surface area contributed by atoms with Crippen molar-refractivity contribution < 1.29 is 4.79 Å². The van der Waals surface area contributed by atoms with E-state index >= 15 is 0 Å². The topological polar surface area (TPSA) is 49.0 Å². The molecule has 1 aromatic heterocycles. The number of aromatic nitrogens is 2. The van der Waals surface area contributed by atoms with E-state index in [-0.39, 0.29) is 5.91 Å². The van der Waals surface area contributed by atoms with Crippen LogP contribution in [0.1, 0.15) is 34.9 Å². The summed E-state index contributed by atoms with van der Waals surface area (Å²) in [6.45, 7) is 5.61. The van der Waals surface area contributed by atoms with Crippen molar-refractivity contribution in [3.8, 4) is 0 Å². The molecule has 4 heteroatoms. The quantitative estimate of drug-likeness (QED) is 0.941. The predicted octanol–water partition coefficient (Wildman–Crippen LogP) is 2.59. The first-order valence-corrected chi connectivity index (χ1v) is 7.48. The van der Waals surface area contributed by atoms with Crippen molar-refractivity contribution in [2.75, 3.05) is 13.1 Å². The molecule has 1 amide bonds. The highest BCUT2D eigenvalue weighted by Gasteiger charge is 2.27. The Hall–Kier alpha value is -2.10.